The molecule has 2 aromatic carbocycles. The molecule has 2 N–H and O–H groups in total. The number of Topliss-reactive ketones (excluding diaryl/α,β-unsaturated/α-hetero) is 1. The fourth-order valence-corrected chi connectivity index (χ4v) is 2.06. The van der Waals surface area contributed by atoms with Crippen LogP contribution in [0.2, 0.25) is 0 Å². The van der Waals surface area contributed by atoms with Gasteiger partial charge in [-0.3, -0.25) is 4.79 Å². The number of hydrogen-bond donors (Lipinski definition) is 1. The fraction of sp³-hybridized carbons (Fsp3) is 0.133. The molecule has 0 spiro atoms. The number of anilines is 1. The van der Waals surface area contributed by atoms with Gasteiger partial charge in [-0.25, -0.2) is 0 Å². The number of ketones is 1. The number of aryl methyl sites for hydroxylation is 1. The maximum Gasteiger partial charge on any atom is 0.167 e. The second kappa shape index (κ2) is 5.52. The molecule has 18 heavy (non-hydrogen) atoms. The van der Waals surface area contributed by atoms with Gasteiger partial charge < -0.3 is 5.73 Å². The third kappa shape index (κ3) is 3.10. The Bertz CT molecular complexity index is 576. The smallest absolute Gasteiger partial charge is 0.167 e. The molecule has 0 aliphatic carbocycles. The highest BCUT2D eigenvalue weighted by Crippen LogP contribution is 2.15. The summed E-state index contributed by atoms with van der Waals surface area (Å²) in [7, 11) is 0. The molecule has 3 heteroatoms. The van der Waals surface area contributed by atoms with Gasteiger partial charge in [-0.1, -0.05) is 24.3 Å². The predicted molar refractivity (Wildman–Crippen MR) is 82.8 cm³/mol. The number of hydrogen-bond acceptors (Lipinski definition) is 2. The van der Waals surface area contributed by atoms with Crippen molar-refractivity contribution in [3.8, 4) is 0 Å². The maximum atomic E-state index is 12.1. The summed E-state index contributed by atoms with van der Waals surface area (Å²) in [5, 5.41) is 0. The highest BCUT2D eigenvalue weighted by atomic mass is 127. The van der Waals surface area contributed by atoms with Crippen molar-refractivity contribution in [1.82, 2.24) is 0 Å². The van der Waals surface area contributed by atoms with Crippen molar-refractivity contribution in [2.24, 2.45) is 0 Å². The molecule has 0 saturated heterocycles. The summed E-state index contributed by atoms with van der Waals surface area (Å²) in [4.78, 5) is 12.1. The van der Waals surface area contributed by atoms with E-state index in [2.05, 4.69) is 22.6 Å². The van der Waals surface area contributed by atoms with E-state index in [0.29, 0.717) is 17.7 Å². The second-order valence-electron chi connectivity index (χ2n) is 4.30. The van der Waals surface area contributed by atoms with E-state index in [9.17, 15) is 4.79 Å². The van der Waals surface area contributed by atoms with Crippen molar-refractivity contribution >= 4 is 34.1 Å². The number of halogens is 1. The summed E-state index contributed by atoms with van der Waals surface area (Å²) in [6.45, 7) is 1.93. The van der Waals surface area contributed by atoms with Crippen LogP contribution in [0.1, 0.15) is 21.5 Å². The highest BCUT2D eigenvalue weighted by molar-refractivity contribution is 14.1. The van der Waals surface area contributed by atoms with Crippen molar-refractivity contribution in [3.05, 3.63) is 62.7 Å². The molecule has 0 heterocycles. The summed E-state index contributed by atoms with van der Waals surface area (Å²) in [5.74, 6) is 0.0999. The van der Waals surface area contributed by atoms with Gasteiger partial charge in [-0.15, -0.1) is 0 Å². The average Bonchev–Trinajstić information content (AvgIpc) is 2.35. The van der Waals surface area contributed by atoms with Gasteiger partial charge in [0.2, 0.25) is 0 Å². The lowest BCUT2D eigenvalue weighted by Crippen LogP contribution is -2.04. The Kier molecular flexibility index (Phi) is 4.01. The van der Waals surface area contributed by atoms with Crippen molar-refractivity contribution in [2.45, 2.75) is 13.3 Å². The number of nitrogens with two attached hydrogens (primary N) is 1. The van der Waals surface area contributed by atoms with Crippen molar-refractivity contribution in [2.75, 3.05) is 5.73 Å². The topological polar surface area (TPSA) is 43.1 Å². The van der Waals surface area contributed by atoms with Crippen molar-refractivity contribution < 1.29 is 4.79 Å². The molecule has 0 aliphatic rings. The maximum absolute atomic E-state index is 12.1. The first-order chi connectivity index (χ1) is 8.56. The number of carbonyl (C=O) groups is 1. The quantitative estimate of drug-likeness (QED) is 0.522. The number of carbonyl (C=O) groups excluding carboxylic acids is 1. The van der Waals surface area contributed by atoms with Crippen LogP contribution in [0, 0.1) is 10.5 Å². The molecule has 0 atom stereocenters. The zero-order valence-electron chi connectivity index (χ0n) is 10.1. The van der Waals surface area contributed by atoms with E-state index in [4.69, 9.17) is 5.73 Å². The number of benzene rings is 2. The SMILES string of the molecule is Cc1ccc(C(=O)Cc2ccc(I)cc2)cc1N. The van der Waals surface area contributed by atoms with E-state index in [-0.39, 0.29) is 5.78 Å². The molecule has 2 aromatic rings. The van der Waals surface area contributed by atoms with Crippen LogP contribution in [0.4, 0.5) is 5.69 Å². The van der Waals surface area contributed by atoms with E-state index in [1.807, 2.05) is 43.3 Å². The Morgan fingerprint density at radius 1 is 1.17 bits per heavy atom. The van der Waals surface area contributed by atoms with Crippen LogP contribution < -0.4 is 5.73 Å². The van der Waals surface area contributed by atoms with Gasteiger partial charge in [-0.2, -0.15) is 0 Å². The molecule has 0 unspecified atom stereocenters. The van der Waals surface area contributed by atoms with Crippen molar-refractivity contribution in [3.63, 3.8) is 0 Å². The molecule has 2 rings (SSSR count). The van der Waals surface area contributed by atoms with E-state index >= 15 is 0 Å². The summed E-state index contributed by atoms with van der Waals surface area (Å²) in [5.41, 5.74) is 9.19. The minimum absolute atomic E-state index is 0.0999. The normalized spacial score (nSPS) is 10.3. The minimum Gasteiger partial charge on any atom is -0.398 e. The average molecular weight is 351 g/mol. The molecule has 92 valence electrons. The number of rotatable bonds is 3. The summed E-state index contributed by atoms with van der Waals surface area (Å²) < 4.78 is 1.17. The van der Waals surface area contributed by atoms with Gasteiger partial charge in [0.05, 0.1) is 0 Å². The molecule has 0 bridgehead atoms. The predicted octanol–water partition coefficient (Wildman–Crippen LogP) is 3.61. The van der Waals surface area contributed by atoms with E-state index in [1.54, 1.807) is 6.07 Å². The zero-order valence-corrected chi connectivity index (χ0v) is 12.3. The monoisotopic (exact) mass is 351 g/mol. The Morgan fingerprint density at radius 2 is 1.83 bits per heavy atom. The number of nitrogen functional groups attached to an aromatic ring is 1. The molecule has 0 aliphatic heterocycles. The van der Waals surface area contributed by atoms with Gasteiger partial charge in [0, 0.05) is 21.2 Å². The molecule has 0 amide bonds. The standard InChI is InChI=1S/C15H14INO/c1-10-2-5-12(9-14(10)17)15(18)8-11-3-6-13(16)7-4-11/h2-7,9H,8,17H2,1H3. The molecular weight excluding hydrogens is 337 g/mol. The lowest BCUT2D eigenvalue weighted by molar-refractivity contribution is 0.0993. The van der Waals surface area contributed by atoms with E-state index in [1.165, 1.54) is 3.57 Å². The van der Waals surface area contributed by atoms with Crippen LogP contribution in [0.5, 0.6) is 0 Å². The summed E-state index contributed by atoms with van der Waals surface area (Å²) in [6.07, 6.45) is 0.416. The molecule has 0 radical (unpaired) electrons. The Labute approximate surface area is 120 Å². The van der Waals surface area contributed by atoms with Gasteiger partial charge in [0.15, 0.2) is 5.78 Å². The van der Waals surface area contributed by atoms with Crippen LogP contribution in [0.25, 0.3) is 0 Å². The third-order valence-corrected chi connectivity index (χ3v) is 3.60. The Balaban J connectivity index is 2.16. The van der Waals surface area contributed by atoms with Crippen LogP contribution in [0.3, 0.4) is 0 Å². The first kappa shape index (κ1) is 13.1. The van der Waals surface area contributed by atoms with Crippen LogP contribution >= 0.6 is 22.6 Å². The molecular formula is C15H14INO. The Morgan fingerprint density at radius 3 is 2.44 bits per heavy atom. The van der Waals surface area contributed by atoms with E-state index in [0.717, 1.165) is 11.1 Å². The van der Waals surface area contributed by atoms with E-state index < -0.39 is 0 Å². The largest absolute Gasteiger partial charge is 0.398 e. The van der Waals surface area contributed by atoms with Gasteiger partial charge >= 0.3 is 0 Å². The third-order valence-electron chi connectivity index (χ3n) is 2.88. The van der Waals surface area contributed by atoms with Gasteiger partial charge in [0.25, 0.3) is 0 Å². The fourth-order valence-electron chi connectivity index (χ4n) is 1.70. The lowest BCUT2D eigenvalue weighted by Gasteiger charge is -2.05. The highest BCUT2D eigenvalue weighted by Gasteiger charge is 2.08. The molecule has 0 saturated carbocycles. The van der Waals surface area contributed by atoms with Crippen LogP contribution in [-0.4, -0.2) is 5.78 Å². The first-order valence-corrected chi connectivity index (χ1v) is 6.78. The lowest BCUT2D eigenvalue weighted by atomic mass is 10.0. The molecule has 2 nitrogen and oxygen atoms in total. The molecule has 0 aromatic heterocycles. The second-order valence-corrected chi connectivity index (χ2v) is 5.54. The van der Waals surface area contributed by atoms with Crippen molar-refractivity contribution in [1.29, 1.82) is 0 Å². The first-order valence-electron chi connectivity index (χ1n) is 5.70. The van der Waals surface area contributed by atoms with Crippen LogP contribution in [0.15, 0.2) is 42.5 Å². The minimum atomic E-state index is 0.0999. The van der Waals surface area contributed by atoms with Gasteiger partial charge in [-0.05, 0) is 58.8 Å². The Hall–Kier alpha value is -1.36. The summed E-state index contributed by atoms with van der Waals surface area (Å²) >= 11 is 2.25. The summed E-state index contributed by atoms with van der Waals surface area (Å²) in [6, 6.07) is 13.5. The zero-order chi connectivity index (χ0) is 13.1. The van der Waals surface area contributed by atoms with Crippen LogP contribution in [-0.2, 0) is 6.42 Å². The van der Waals surface area contributed by atoms with Gasteiger partial charge in [0.1, 0.15) is 0 Å². The molecule has 0 fully saturated rings.